The predicted octanol–water partition coefficient (Wildman–Crippen LogP) is 3.55. The van der Waals surface area contributed by atoms with E-state index in [4.69, 9.17) is 0 Å². The Hall–Kier alpha value is -0.410. The van der Waals surface area contributed by atoms with Crippen molar-refractivity contribution in [2.75, 3.05) is 6.54 Å². The molecule has 0 saturated heterocycles. The van der Waals surface area contributed by atoms with Gasteiger partial charge < -0.3 is 5.32 Å². The first-order valence-electron chi connectivity index (χ1n) is 6.45. The lowest BCUT2D eigenvalue weighted by atomic mass is 9.82. The van der Waals surface area contributed by atoms with Crippen molar-refractivity contribution in [2.24, 2.45) is 5.41 Å². The van der Waals surface area contributed by atoms with Crippen LogP contribution in [-0.2, 0) is 6.42 Å². The molecule has 0 aliphatic heterocycles. The van der Waals surface area contributed by atoms with E-state index in [-0.39, 0.29) is 0 Å². The molecule has 0 spiro atoms. The van der Waals surface area contributed by atoms with Crippen LogP contribution in [0.5, 0.6) is 0 Å². The standard InChI is InChI=1S/C14H21BrN2/c1-3-14(2,10-17-12-6-7-12)8-13-5-4-11(15)9-16-13/h4-5,9,12,17H,3,6-8,10H2,1-2H3. The van der Waals surface area contributed by atoms with Crippen molar-refractivity contribution in [3.05, 3.63) is 28.5 Å². The molecule has 1 unspecified atom stereocenters. The molecule has 1 aliphatic carbocycles. The number of hydrogen-bond donors (Lipinski definition) is 1. The van der Waals surface area contributed by atoms with Crippen LogP contribution in [0.1, 0.15) is 38.8 Å². The number of aromatic nitrogens is 1. The minimum Gasteiger partial charge on any atom is -0.313 e. The first-order valence-corrected chi connectivity index (χ1v) is 7.24. The van der Waals surface area contributed by atoms with Crippen LogP contribution in [0, 0.1) is 5.41 Å². The maximum absolute atomic E-state index is 4.48. The van der Waals surface area contributed by atoms with Gasteiger partial charge in [-0.25, -0.2) is 0 Å². The van der Waals surface area contributed by atoms with Crippen molar-refractivity contribution in [3.63, 3.8) is 0 Å². The highest BCUT2D eigenvalue weighted by atomic mass is 79.9. The normalized spacial score (nSPS) is 19.0. The summed E-state index contributed by atoms with van der Waals surface area (Å²) in [5, 5.41) is 3.64. The van der Waals surface area contributed by atoms with Crippen LogP contribution in [0.15, 0.2) is 22.8 Å². The van der Waals surface area contributed by atoms with Crippen LogP contribution >= 0.6 is 15.9 Å². The molecule has 17 heavy (non-hydrogen) atoms. The van der Waals surface area contributed by atoms with Gasteiger partial charge in [0.2, 0.25) is 0 Å². The Morgan fingerprint density at radius 1 is 1.47 bits per heavy atom. The van der Waals surface area contributed by atoms with Crippen LogP contribution in [0.25, 0.3) is 0 Å². The Morgan fingerprint density at radius 3 is 2.76 bits per heavy atom. The summed E-state index contributed by atoms with van der Waals surface area (Å²) >= 11 is 3.43. The Morgan fingerprint density at radius 2 is 2.24 bits per heavy atom. The van der Waals surface area contributed by atoms with Crippen molar-refractivity contribution >= 4 is 15.9 Å². The summed E-state index contributed by atoms with van der Waals surface area (Å²) in [7, 11) is 0. The molecule has 0 amide bonds. The van der Waals surface area contributed by atoms with Gasteiger partial charge in [0.1, 0.15) is 0 Å². The Balaban J connectivity index is 1.94. The molecule has 94 valence electrons. The van der Waals surface area contributed by atoms with E-state index in [1.807, 2.05) is 6.20 Å². The van der Waals surface area contributed by atoms with Gasteiger partial charge >= 0.3 is 0 Å². The van der Waals surface area contributed by atoms with Gasteiger partial charge in [-0.15, -0.1) is 0 Å². The Bertz CT molecular complexity index is 359. The second-order valence-corrected chi connectivity index (χ2v) is 6.38. The second kappa shape index (κ2) is 5.49. The number of rotatable bonds is 6. The van der Waals surface area contributed by atoms with E-state index < -0.39 is 0 Å². The van der Waals surface area contributed by atoms with E-state index >= 15 is 0 Å². The number of nitrogens with zero attached hydrogens (tertiary/aromatic N) is 1. The molecule has 1 atom stereocenters. The third-order valence-electron chi connectivity index (χ3n) is 3.64. The molecule has 0 radical (unpaired) electrons. The summed E-state index contributed by atoms with van der Waals surface area (Å²) in [4.78, 5) is 4.48. The van der Waals surface area contributed by atoms with E-state index in [2.05, 4.69) is 52.2 Å². The third kappa shape index (κ3) is 4.07. The lowest BCUT2D eigenvalue weighted by molar-refractivity contribution is 0.286. The summed E-state index contributed by atoms with van der Waals surface area (Å²) in [6, 6.07) is 4.99. The zero-order valence-corrected chi connectivity index (χ0v) is 12.3. The largest absolute Gasteiger partial charge is 0.313 e. The van der Waals surface area contributed by atoms with E-state index in [9.17, 15) is 0 Å². The highest BCUT2D eigenvalue weighted by molar-refractivity contribution is 9.10. The Labute approximate surface area is 112 Å². The van der Waals surface area contributed by atoms with Crippen LogP contribution in [-0.4, -0.2) is 17.6 Å². The van der Waals surface area contributed by atoms with Crippen LogP contribution in [0.3, 0.4) is 0 Å². The monoisotopic (exact) mass is 296 g/mol. The molecular formula is C14H21BrN2. The fourth-order valence-corrected chi connectivity index (χ4v) is 2.17. The summed E-state index contributed by atoms with van der Waals surface area (Å²) in [5.41, 5.74) is 1.51. The predicted molar refractivity (Wildman–Crippen MR) is 75.1 cm³/mol. The number of halogens is 1. The minimum atomic E-state index is 0.323. The molecule has 1 aromatic rings. The van der Waals surface area contributed by atoms with Crippen molar-refractivity contribution < 1.29 is 0 Å². The van der Waals surface area contributed by atoms with Crippen molar-refractivity contribution in [2.45, 2.75) is 45.6 Å². The lowest BCUT2D eigenvalue weighted by Gasteiger charge is -2.28. The second-order valence-electron chi connectivity index (χ2n) is 5.46. The molecule has 3 heteroatoms. The number of nitrogens with one attached hydrogen (secondary N) is 1. The van der Waals surface area contributed by atoms with Crippen molar-refractivity contribution in [3.8, 4) is 0 Å². The summed E-state index contributed by atoms with van der Waals surface area (Å²) in [6.45, 7) is 5.73. The molecule has 1 fully saturated rings. The summed E-state index contributed by atoms with van der Waals surface area (Å²) in [5.74, 6) is 0. The first-order chi connectivity index (χ1) is 8.11. The average molecular weight is 297 g/mol. The third-order valence-corrected chi connectivity index (χ3v) is 4.11. The van der Waals surface area contributed by atoms with Crippen molar-refractivity contribution in [1.82, 2.24) is 10.3 Å². The molecule has 0 bridgehead atoms. The van der Waals surface area contributed by atoms with Gasteiger partial charge in [-0.3, -0.25) is 4.98 Å². The number of hydrogen-bond acceptors (Lipinski definition) is 2. The van der Waals surface area contributed by atoms with Crippen molar-refractivity contribution in [1.29, 1.82) is 0 Å². The summed E-state index contributed by atoms with van der Waals surface area (Å²) < 4.78 is 1.05. The molecule has 0 aromatic carbocycles. The average Bonchev–Trinajstić information content (AvgIpc) is 3.14. The van der Waals surface area contributed by atoms with Gasteiger partial charge in [-0.2, -0.15) is 0 Å². The van der Waals surface area contributed by atoms with Crippen LogP contribution < -0.4 is 5.32 Å². The van der Waals surface area contributed by atoms with Crippen LogP contribution in [0.2, 0.25) is 0 Å². The van der Waals surface area contributed by atoms with Gasteiger partial charge in [0, 0.05) is 29.0 Å². The van der Waals surface area contributed by atoms with Gasteiger partial charge in [-0.05, 0) is 59.2 Å². The SMILES string of the molecule is CCC(C)(CNC1CC1)Cc1ccc(Br)cn1. The topological polar surface area (TPSA) is 24.9 Å². The molecular weight excluding hydrogens is 276 g/mol. The highest BCUT2D eigenvalue weighted by Crippen LogP contribution is 2.27. The summed E-state index contributed by atoms with van der Waals surface area (Å²) in [6.07, 6.45) is 6.84. The van der Waals surface area contributed by atoms with E-state index in [1.54, 1.807) is 0 Å². The van der Waals surface area contributed by atoms with E-state index in [0.29, 0.717) is 5.41 Å². The smallest absolute Gasteiger partial charge is 0.0413 e. The van der Waals surface area contributed by atoms with Gasteiger partial charge in [0.15, 0.2) is 0 Å². The van der Waals surface area contributed by atoms with Gasteiger partial charge in [0.05, 0.1) is 0 Å². The maximum atomic E-state index is 4.48. The molecule has 1 aliphatic rings. The lowest BCUT2D eigenvalue weighted by Crippen LogP contribution is -2.34. The quantitative estimate of drug-likeness (QED) is 0.868. The first kappa shape index (κ1) is 13.0. The van der Waals surface area contributed by atoms with E-state index in [1.165, 1.54) is 25.0 Å². The van der Waals surface area contributed by atoms with E-state index in [0.717, 1.165) is 23.5 Å². The minimum absolute atomic E-state index is 0.323. The fraction of sp³-hybridized carbons (Fsp3) is 0.643. The number of pyridine rings is 1. The molecule has 1 N–H and O–H groups in total. The molecule has 1 heterocycles. The molecule has 1 aromatic heterocycles. The van der Waals surface area contributed by atoms with Gasteiger partial charge in [-0.1, -0.05) is 13.8 Å². The Kier molecular flexibility index (Phi) is 4.21. The molecule has 2 rings (SSSR count). The zero-order valence-electron chi connectivity index (χ0n) is 10.7. The van der Waals surface area contributed by atoms with Gasteiger partial charge in [0.25, 0.3) is 0 Å². The van der Waals surface area contributed by atoms with Crippen LogP contribution in [0.4, 0.5) is 0 Å². The highest BCUT2D eigenvalue weighted by Gasteiger charge is 2.27. The maximum Gasteiger partial charge on any atom is 0.0413 e. The molecule has 2 nitrogen and oxygen atoms in total. The zero-order chi connectivity index (χ0) is 12.3. The molecule has 1 saturated carbocycles. The fourth-order valence-electron chi connectivity index (χ4n) is 1.94.